The molecule has 1 aliphatic carbocycles. The van der Waals surface area contributed by atoms with Crippen molar-refractivity contribution in [1.82, 2.24) is 5.06 Å². The first-order valence-corrected chi connectivity index (χ1v) is 8.07. The first-order valence-electron chi connectivity index (χ1n) is 8.07. The summed E-state index contributed by atoms with van der Waals surface area (Å²) in [4.78, 5) is 16.2. The molecule has 1 saturated carbocycles. The third-order valence-electron chi connectivity index (χ3n) is 4.96. The predicted octanol–water partition coefficient (Wildman–Crippen LogP) is 4.45. The lowest BCUT2D eigenvalue weighted by Crippen LogP contribution is -2.39. The van der Waals surface area contributed by atoms with Gasteiger partial charge < -0.3 is 0 Å². The first-order chi connectivity index (χ1) is 10.4. The molecule has 0 amide bonds. The average Bonchev–Trinajstić information content (AvgIpc) is 3.27. The highest BCUT2D eigenvalue weighted by Gasteiger charge is 2.49. The van der Waals surface area contributed by atoms with Crippen molar-refractivity contribution in [3.8, 4) is 0 Å². The van der Waals surface area contributed by atoms with Crippen LogP contribution in [0.1, 0.15) is 58.2 Å². The van der Waals surface area contributed by atoms with Crippen LogP contribution in [-0.4, -0.2) is 16.0 Å². The minimum absolute atomic E-state index is 0.0336. The van der Waals surface area contributed by atoms with Crippen LogP contribution in [0.25, 0.3) is 0 Å². The van der Waals surface area contributed by atoms with E-state index in [2.05, 4.69) is 25.8 Å². The fourth-order valence-corrected chi connectivity index (χ4v) is 3.73. The van der Waals surface area contributed by atoms with Crippen molar-refractivity contribution in [1.29, 1.82) is 0 Å². The van der Waals surface area contributed by atoms with Crippen molar-refractivity contribution in [3.05, 3.63) is 39.9 Å². The van der Waals surface area contributed by atoms with Crippen LogP contribution < -0.4 is 0 Å². The van der Waals surface area contributed by atoms with Gasteiger partial charge in [0, 0.05) is 23.7 Å². The lowest BCUT2D eigenvalue weighted by Gasteiger charge is -2.40. The third-order valence-corrected chi connectivity index (χ3v) is 4.96. The van der Waals surface area contributed by atoms with Crippen LogP contribution in [0.15, 0.2) is 24.3 Å². The summed E-state index contributed by atoms with van der Waals surface area (Å²) in [5, 5.41) is 12.8. The second-order valence-electron chi connectivity index (χ2n) is 7.49. The van der Waals surface area contributed by atoms with Gasteiger partial charge in [0.2, 0.25) is 0 Å². The summed E-state index contributed by atoms with van der Waals surface area (Å²) in [6, 6.07) is 7.17. The van der Waals surface area contributed by atoms with Crippen molar-refractivity contribution in [3.63, 3.8) is 0 Å². The Morgan fingerprint density at radius 2 is 1.82 bits per heavy atom. The van der Waals surface area contributed by atoms with Gasteiger partial charge in [-0.2, -0.15) is 0 Å². The number of hydrogen-bond donors (Lipinski definition) is 0. The molecule has 1 aromatic carbocycles. The van der Waals surface area contributed by atoms with Crippen molar-refractivity contribution in [2.75, 3.05) is 0 Å². The van der Waals surface area contributed by atoms with E-state index < -0.39 is 0 Å². The largest absolute Gasteiger partial charge is 0.270 e. The zero-order valence-electron chi connectivity index (χ0n) is 13.5. The Labute approximate surface area is 131 Å². The maximum Gasteiger partial charge on any atom is 0.269 e. The summed E-state index contributed by atoms with van der Waals surface area (Å²) < 4.78 is 0. The van der Waals surface area contributed by atoms with Crippen LogP contribution in [0.2, 0.25) is 0 Å². The van der Waals surface area contributed by atoms with E-state index in [4.69, 9.17) is 4.84 Å². The van der Waals surface area contributed by atoms with Crippen molar-refractivity contribution < 1.29 is 9.76 Å². The molecule has 0 N–H and O–H groups in total. The van der Waals surface area contributed by atoms with Crippen LogP contribution in [0.3, 0.4) is 0 Å². The summed E-state index contributed by atoms with van der Waals surface area (Å²) in [5.74, 6) is 0.629. The molecule has 5 nitrogen and oxygen atoms in total. The highest BCUT2D eigenvalue weighted by atomic mass is 16.8. The molecule has 4 atom stereocenters. The molecule has 2 fully saturated rings. The second kappa shape index (κ2) is 5.63. The Morgan fingerprint density at radius 1 is 1.18 bits per heavy atom. The van der Waals surface area contributed by atoms with E-state index in [-0.39, 0.29) is 22.3 Å². The number of rotatable bonds is 3. The van der Waals surface area contributed by atoms with Gasteiger partial charge in [-0.25, -0.2) is 0 Å². The smallest absolute Gasteiger partial charge is 0.269 e. The number of nitro benzene ring substituents is 1. The molecule has 0 bridgehead atoms. The SMILES string of the molecule is CC(C)(C)C1CCCCC1N1OC1c1ccc([N+](=O)[O-])cc1. The van der Waals surface area contributed by atoms with E-state index in [1.165, 1.54) is 25.7 Å². The molecular weight excluding hydrogens is 280 g/mol. The standard InChI is InChI=1S/C17H24N2O3/c1-17(2,3)14-6-4-5-7-15(14)18-16(22-18)12-8-10-13(11-9-12)19(20)21/h8-11,14-16H,4-7H2,1-3H3. The van der Waals surface area contributed by atoms with Gasteiger partial charge in [0.05, 0.1) is 4.92 Å². The van der Waals surface area contributed by atoms with E-state index in [0.717, 1.165) is 5.56 Å². The van der Waals surface area contributed by atoms with Crippen LogP contribution >= 0.6 is 0 Å². The van der Waals surface area contributed by atoms with E-state index in [1.807, 2.05) is 0 Å². The van der Waals surface area contributed by atoms with Gasteiger partial charge in [-0.3, -0.25) is 15.0 Å². The van der Waals surface area contributed by atoms with Crippen molar-refractivity contribution >= 4 is 5.69 Å². The molecular formula is C17H24N2O3. The van der Waals surface area contributed by atoms with Crippen molar-refractivity contribution in [2.24, 2.45) is 11.3 Å². The monoisotopic (exact) mass is 304 g/mol. The van der Waals surface area contributed by atoms with Gasteiger partial charge in [0.1, 0.15) is 0 Å². The maximum absolute atomic E-state index is 10.7. The summed E-state index contributed by atoms with van der Waals surface area (Å²) in [5.41, 5.74) is 1.40. The Morgan fingerprint density at radius 3 is 2.41 bits per heavy atom. The van der Waals surface area contributed by atoms with Gasteiger partial charge in [-0.15, -0.1) is 5.06 Å². The molecule has 3 rings (SSSR count). The molecule has 0 radical (unpaired) electrons. The van der Waals surface area contributed by atoms with Crippen LogP contribution in [0.5, 0.6) is 0 Å². The normalized spacial score (nSPS) is 31.8. The maximum atomic E-state index is 10.7. The van der Waals surface area contributed by atoms with E-state index in [0.29, 0.717) is 12.0 Å². The van der Waals surface area contributed by atoms with Gasteiger partial charge in [-0.1, -0.05) is 33.6 Å². The Hall–Kier alpha value is -1.46. The number of non-ortho nitro benzene ring substituents is 1. The number of nitrogens with zero attached hydrogens (tertiary/aromatic N) is 2. The lowest BCUT2D eigenvalue weighted by atomic mass is 9.69. The molecule has 1 heterocycles. The highest BCUT2D eigenvalue weighted by molar-refractivity contribution is 5.34. The first kappa shape index (κ1) is 15.4. The Bertz CT molecular complexity index is 550. The summed E-state index contributed by atoms with van der Waals surface area (Å²) in [6.45, 7) is 6.92. The van der Waals surface area contributed by atoms with Crippen LogP contribution in [0, 0.1) is 21.4 Å². The van der Waals surface area contributed by atoms with Crippen LogP contribution in [-0.2, 0) is 4.84 Å². The predicted molar refractivity (Wildman–Crippen MR) is 84.0 cm³/mol. The molecule has 2 aliphatic rings. The second-order valence-corrected chi connectivity index (χ2v) is 7.49. The van der Waals surface area contributed by atoms with Gasteiger partial charge >= 0.3 is 0 Å². The van der Waals surface area contributed by atoms with Gasteiger partial charge in [-0.05, 0) is 36.3 Å². The number of nitro groups is 1. The van der Waals surface area contributed by atoms with Crippen LogP contribution in [0.4, 0.5) is 5.69 Å². The fourth-order valence-electron chi connectivity index (χ4n) is 3.73. The molecule has 1 saturated heterocycles. The molecule has 0 aromatic heterocycles. The number of hydroxylamine groups is 2. The molecule has 4 unspecified atom stereocenters. The average molecular weight is 304 g/mol. The quantitative estimate of drug-likeness (QED) is 0.470. The molecule has 1 aliphatic heterocycles. The van der Waals surface area contributed by atoms with E-state index in [1.54, 1.807) is 24.3 Å². The highest BCUT2D eigenvalue weighted by Crippen LogP contribution is 2.49. The lowest BCUT2D eigenvalue weighted by molar-refractivity contribution is -0.384. The topological polar surface area (TPSA) is 58.7 Å². The van der Waals surface area contributed by atoms with Crippen molar-refractivity contribution in [2.45, 2.75) is 58.7 Å². The fraction of sp³-hybridized carbons (Fsp3) is 0.647. The minimum Gasteiger partial charge on any atom is -0.270 e. The molecule has 1 aromatic rings. The third kappa shape index (κ3) is 3.01. The molecule has 5 heteroatoms. The zero-order valence-corrected chi connectivity index (χ0v) is 13.5. The Kier molecular flexibility index (Phi) is 3.95. The summed E-state index contributed by atoms with van der Waals surface area (Å²) in [7, 11) is 0. The Balaban J connectivity index is 1.71. The van der Waals surface area contributed by atoms with Gasteiger partial charge in [0.15, 0.2) is 6.23 Å². The molecule has 120 valence electrons. The van der Waals surface area contributed by atoms with E-state index in [9.17, 15) is 10.1 Å². The number of benzene rings is 1. The molecule has 22 heavy (non-hydrogen) atoms. The summed E-state index contributed by atoms with van der Waals surface area (Å²) in [6.07, 6.45) is 4.94. The minimum atomic E-state index is -0.369. The zero-order chi connectivity index (χ0) is 15.9. The van der Waals surface area contributed by atoms with Gasteiger partial charge in [0.25, 0.3) is 5.69 Å². The number of hydrogen-bond acceptors (Lipinski definition) is 4. The van der Waals surface area contributed by atoms with E-state index >= 15 is 0 Å². The summed E-state index contributed by atoms with van der Waals surface area (Å²) >= 11 is 0. The molecule has 0 spiro atoms.